The second-order valence-corrected chi connectivity index (χ2v) is 14.3. The van der Waals surface area contributed by atoms with Crippen LogP contribution in [0.3, 0.4) is 0 Å². The second kappa shape index (κ2) is 11.9. The van der Waals surface area contributed by atoms with E-state index >= 15 is 0 Å². The van der Waals surface area contributed by atoms with Crippen molar-refractivity contribution in [2.75, 3.05) is 0 Å². The van der Waals surface area contributed by atoms with Crippen molar-refractivity contribution in [2.45, 2.75) is 0 Å². The molecule has 0 aliphatic heterocycles. The fourth-order valence-electron chi connectivity index (χ4n) is 8.61. The Labute approximate surface area is 320 Å². The summed E-state index contributed by atoms with van der Waals surface area (Å²) in [5.41, 5.74) is 8.00. The van der Waals surface area contributed by atoms with Crippen LogP contribution in [0, 0.1) is 0 Å². The fourth-order valence-corrected chi connectivity index (χ4v) is 8.61. The Balaban J connectivity index is 1.16. The van der Waals surface area contributed by atoms with Crippen molar-refractivity contribution < 1.29 is 8.83 Å². The van der Waals surface area contributed by atoms with E-state index in [1.165, 1.54) is 10.8 Å². The van der Waals surface area contributed by atoms with Crippen LogP contribution in [0.2, 0.25) is 0 Å². The number of aromatic nitrogens is 3. The first-order valence-corrected chi connectivity index (χ1v) is 18.8. The van der Waals surface area contributed by atoms with Gasteiger partial charge in [-0.2, -0.15) is 0 Å². The highest BCUT2D eigenvalue weighted by molar-refractivity contribution is 6.25. The predicted molar refractivity (Wildman–Crippen MR) is 229 cm³/mol. The van der Waals surface area contributed by atoms with Crippen molar-refractivity contribution in [3.63, 3.8) is 0 Å². The van der Waals surface area contributed by atoms with Gasteiger partial charge in [-0.25, -0.2) is 15.0 Å². The molecule has 0 spiro atoms. The summed E-state index contributed by atoms with van der Waals surface area (Å²) in [5.74, 6) is 1.80. The summed E-state index contributed by atoms with van der Waals surface area (Å²) >= 11 is 0. The zero-order valence-electron chi connectivity index (χ0n) is 29.9. The molecular weight excluding hydrogens is 687 g/mol. The molecule has 0 atom stereocenters. The summed E-state index contributed by atoms with van der Waals surface area (Å²) in [6, 6.07) is 60.8. The SMILES string of the molecule is c1ccc(-c2nc(-c3cc4ccccc4c4ccccc34)nc(-c3ccc(-c4cccc5oc6ccc7ccccc7c6c45)c4oc5ccccc5c34)n2)cc1. The van der Waals surface area contributed by atoms with Crippen molar-refractivity contribution in [3.05, 3.63) is 176 Å². The second-order valence-electron chi connectivity index (χ2n) is 14.3. The standard InChI is InChI=1S/C51H29N3O2/c1-2-14-31(15-3-1)49-52-50(54-51(53-49)41-29-32-16-5-6-17-33(32)35-19-8-9-20-36(35)41)40-27-26-38(48-45(40)39-21-10-11-23-42(39)56-48)37-22-12-24-43-47(37)46-34-18-7-4-13-30(34)25-28-44(46)55-43/h1-29H. The first-order valence-electron chi connectivity index (χ1n) is 18.8. The summed E-state index contributed by atoms with van der Waals surface area (Å²) in [6.45, 7) is 0. The largest absolute Gasteiger partial charge is 0.456 e. The molecule has 260 valence electrons. The van der Waals surface area contributed by atoms with Gasteiger partial charge in [-0.1, -0.05) is 140 Å². The smallest absolute Gasteiger partial charge is 0.164 e. The Morgan fingerprint density at radius 3 is 1.79 bits per heavy atom. The van der Waals surface area contributed by atoms with Crippen molar-refractivity contribution in [1.82, 2.24) is 15.0 Å². The lowest BCUT2D eigenvalue weighted by atomic mass is 9.93. The van der Waals surface area contributed by atoms with Gasteiger partial charge < -0.3 is 8.83 Å². The number of rotatable bonds is 4. The van der Waals surface area contributed by atoms with Crippen LogP contribution < -0.4 is 0 Å². The molecule has 5 nitrogen and oxygen atoms in total. The van der Waals surface area contributed by atoms with Gasteiger partial charge in [0.25, 0.3) is 0 Å². The van der Waals surface area contributed by atoms with Gasteiger partial charge in [0.2, 0.25) is 0 Å². The van der Waals surface area contributed by atoms with E-state index in [0.717, 1.165) is 93.2 Å². The van der Waals surface area contributed by atoms with E-state index in [0.29, 0.717) is 17.5 Å². The number of furan rings is 2. The maximum absolute atomic E-state index is 6.86. The zero-order chi connectivity index (χ0) is 36.7. The Hall–Kier alpha value is -7.63. The Morgan fingerprint density at radius 2 is 0.929 bits per heavy atom. The molecule has 12 aromatic rings. The van der Waals surface area contributed by atoms with Gasteiger partial charge in [0.1, 0.15) is 22.3 Å². The van der Waals surface area contributed by atoms with Crippen LogP contribution in [0.25, 0.3) is 121 Å². The lowest BCUT2D eigenvalue weighted by Gasteiger charge is -2.13. The molecule has 0 unspecified atom stereocenters. The fraction of sp³-hybridized carbons (Fsp3) is 0. The van der Waals surface area contributed by atoms with Crippen LogP contribution in [0.1, 0.15) is 0 Å². The summed E-state index contributed by atoms with van der Waals surface area (Å²) in [4.78, 5) is 15.7. The number of fused-ring (bicyclic) bond motifs is 11. The van der Waals surface area contributed by atoms with Crippen LogP contribution in [0.15, 0.2) is 185 Å². The maximum atomic E-state index is 6.86. The highest BCUT2D eigenvalue weighted by atomic mass is 16.3. The van der Waals surface area contributed by atoms with Gasteiger partial charge in [0, 0.05) is 43.8 Å². The third-order valence-corrected chi connectivity index (χ3v) is 11.1. The molecule has 0 aliphatic carbocycles. The highest BCUT2D eigenvalue weighted by Crippen LogP contribution is 2.46. The molecule has 0 fully saturated rings. The molecule has 0 bridgehead atoms. The van der Waals surface area contributed by atoms with Crippen LogP contribution in [0.4, 0.5) is 0 Å². The van der Waals surface area contributed by atoms with Crippen molar-refractivity contribution in [1.29, 1.82) is 0 Å². The van der Waals surface area contributed by atoms with E-state index in [9.17, 15) is 0 Å². The molecule has 5 heteroatoms. The minimum atomic E-state index is 0.576. The van der Waals surface area contributed by atoms with Gasteiger partial charge in [-0.05, 0) is 74.3 Å². The number of hydrogen-bond acceptors (Lipinski definition) is 5. The summed E-state index contributed by atoms with van der Waals surface area (Å²) in [6.07, 6.45) is 0. The van der Waals surface area contributed by atoms with E-state index in [4.69, 9.17) is 23.8 Å². The van der Waals surface area contributed by atoms with Crippen LogP contribution in [-0.2, 0) is 0 Å². The Morgan fingerprint density at radius 1 is 0.304 bits per heavy atom. The van der Waals surface area contributed by atoms with E-state index in [2.05, 4.69) is 127 Å². The molecule has 56 heavy (non-hydrogen) atoms. The Kier molecular flexibility index (Phi) is 6.56. The number of benzene rings is 9. The van der Waals surface area contributed by atoms with Gasteiger partial charge in [-0.3, -0.25) is 0 Å². The molecule has 0 amide bonds. The van der Waals surface area contributed by atoms with Crippen LogP contribution in [0.5, 0.6) is 0 Å². The van der Waals surface area contributed by atoms with Crippen molar-refractivity contribution in [2.24, 2.45) is 0 Å². The molecule has 9 aromatic carbocycles. The molecule has 0 N–H and O–H groups in total. The quantitative estimate of drug-likeness (QED) is 0.170. The first kappa shape index (κ1) is 30.8. The number of nitrogens with zero attached hydrogens (tertiary/aromatic N) is 3. The van der Waals surface area contributed by atoms with Crippen molar-refractivity contribution >= 4 is 76.2 Å². The van der Waals surface area contributed by atoms with E-state index < -0.39 is 0 Å². The first-order chi connectivity index (χ1) is 27.8. The highest BCUT2D eigenvalue weighted by Gasteiger charge is 2.24. The molecular formula is C51H29N3O2. The van der Waals surface area contributed by atoms with Gasteiger partial charge in [0.15, 0.2) is 17.5 Å². The summed E-state index contributed by atoms with van der Waals surface area (Å²) in [5, 5.41) is 11.0. The molecule has 12 rings (SSSR count). The summed E-state index contributed by atoms with van der Waals surface area (Å²) < 4.78 is 13.4. The monoisotopic (exact) mass is 715 g/mol. The minimum absolute atomic E-state index is 0.576. The van der Waals surface area contributed by atoms with Gasteiger partial charge >= 0.3 is 0 Å². The molecule has 0 aliphatic rings. The Bertz CT molecular complexity index is 3550. The molecule has 0 saturated heterocycles. The lowest BCUT2D eigenvalue weighted by Crippen LogP contribution is -2.01. The molecule has 0 saturated carbocycles. The average Bonchev–Trinajstić information content (AvgIpc) is 3.86. The average molecular weight is 716 g/mol. The van der Waals surface area contributed by atoms with Crippen molar-refractivity contribution in [3.8, 4) is 45.3 Å². The molecule has 3 heterocycles. The topological polar surface area (TPSA) is 65.0 Å². The van der Waals surface area contributed by atoms with E-state index in [1.54, 1.807) is 0 Å². The number of para-hydroxylation sites is 1. The van der Waals surface area contributed by atoms with Gasteiger partial charge in [0.05, 0.1) is 0 Å². The zero-order valence-corrected chi connectivity index (χ0v) is 29.9. The molecule has 0 radical (unpaired) electrons. The lowest BCUT2D eigenvalue weighted by molar-refractivity contribution is 0.669. The van der Waals surface area contributed by atoms with E-state index in [1.807, 2.05) is 48.5 Å². The number of hydrogen-bond donors (Lipinski definition) is 0. The van der Waals surface area contributed by atoms with Gasteiger partial charge in [-0.15, -0.1) is 0 Å². The van der Waals surface area contributed by atoms with Crippen LogP contribution in [-0.4, -0.2) is 15.0 Å². The third kappa shape index (κ3) is 4.58. The molecule has 3 aromatic heterocycles. The predicted octanol–water partition coefficient (Wildman–Crippen LogP) is 13.8. The maximum Gasteiger partial charge on any atom is 0.164 e. The van der Waals surface area contributed by atoms with Crippen LogP contribution >= 0.6 is 0 Å². The van der Waals surface area contributed by atoms with E-state index in [-0.39, 0.29) is 0 Å². The minimum Gasteiger partial charge on any atom is -0.456 e. The summed E-state index contributed by atoms with van der Waals surface area (Å²) in [7, 11) is 0. The third-order valence-electron chi connectivity index (χ3n) is 11.1. The normalized spacial score (nSPS) is 11.9.